The van der Waals surface area contributed by atoms with Crippen LogP contribution in [0, 0.1) is 0 Å². The highest BCUT2D eigenvalue weighted by Crippen LogP contribution is 2.11. The van der Waals surface area contributed by atoms with E-state index in [1.165, 1.54) is 57.8 Å². The van der Waals surface area contributed by atoms with Gasteiger partial charge in [-0.1, -0.05) is 71.1 Å². The Morgan fingerprint density at radius 1 is 0.808 bits per heavy atom. The molecule has 2 N–H and O–H groups in total. The van der Waals surface area contributed by atoms with Crippen molar-refractivity contribution >= 4 is 11.9 Å². The molecule has 0 saturated heterocycles. The molecule has 0 aromatic rings. The van der Waals surface area contributed by atoms with E-state index >= 15 is 0 Å². The van der Waals surface area contributed by atoms with Crippen molar-refractivity contribution in [3.63, 3.8) is 0 Å². The Balaban J connectivity index is 3.38. The zero-order valence-corrected chi connectivity index (χ0v) is 17.5. The maximum absolute atomic E-state index is 11.8. The number of nitrogens with one attached hydrogen (secondary N) is 1. The van der Waals surface area contributed by atoms with Gasteiger partial charge in [0.15, 0.2) is 6.54 Å². The fraction of sp³-hybridized carbons (Fsp3) is 0.905. The van der Waals surface area contributed by atoms with E-state index in [0.29, 0.717) is 17.4 Å². The van der Waals surface area contributed by atoms with Crippen LogP contribution in [-0.4, -0.2) is 55.2 Å². The standard InChI is InChI=1S/C21H42N2O3/c1-4-5-6-7-8-9-10-11-12-13-14-16-20(24)22-17-15-18-23(2,3)19-21(25)26/h4-19H2,1-3H3,(H-,22,24,25,26)/p+1. The number of amides is 1. The SMILES string of the molecule is CCCCCCCCCCCCCC(=O)NCCC[N+](C)(C)CC(=O)O. The van der Waals surface area contributed by atoms with E-state index in [1.54, 1.807) is 0 Å². The van der Waals surface area contributed by atoms with Gasteiger partial charge in [-0.2, -0.15) is 0 Å². The molecule has 0 aliphatic heterocycles. The van der Waals surface area contributed by atoms with Gasteiger partial charge in [0.25, 0.3) is 0 Å². The number of carboxylic acids is 1. The van der Waals surface area contributed by atoms with Crippen molar-refractivity contribution in [3.05, 3.63) is 0 Å². The van der Waals surface area contributed by atoms with E-state index in [-0.39, 0.29) is 12.5 Å². The topological polar surface area (TPSA) is 66.4 Å². The molecule has 0 bridgehead atoms. The first kappa shape index (κ1) is 24.9. The molecule has 0 heterocycles. The summed E-state index contributed by atoms with van der Waals surface area (Å²) in [7, 11) is 3.81. The fourth-order valence-corrected chi connectivity index (χ4v) is 3.22. The number of unbranched alkanes of at least 4 members (excludes halogenated alkanes) is 10. The first-order valence-corrected chi connectivity index (χ1v) is 10.7. The number of carbonyl (C=O) groups excluding carboxylic acids is 1. The number of hydrogen-bond donors (Lipinski definition) is 2. The Morgan fingerprint density at radius 3 is 1.81 bits per heavy atom. The minimum atomic E-state index is -0.782. The fourth-order valence-electron chi connectivity index (χ4n) is 3.22. The molecule has 0 aliphatic carbocycles. The number of rotatable bonds is 18. The molecule has 0 saturated carbocycles. The Morgan fingerprint density at radius 2 is 1.31 bits per heavy atom. The van der Waals surface area contributed by atoms with Crippen LogP contribution in [0.2, 0.25) is 0 Å². The minimum Gasteiger partial charge on any atom is -0.477 e. The summed E-state index contributed by atoms with van der Waals surface area (Å²) in [5.41, 5.74) is 0. The molecule has 0 atom stereocenters. The molecule has 0 spiro atoms. The van der Waals surface area contributed by atoms with Crippen LogP contribution in [0.25, 0.3) is 0 Å². The predicted octanol–water partition coefficient (Wildman–Crippen LogP) is 4.35. The third-order valence-electron chi connectivity index (χ3n) is 4.83. The van der Waals surface area contributed by atoms with Crippen molar-refractivity contribution in [1.82, 2.24) is 5.32 Å². The Bertz CT molecular complexity index is 370. The lowest BCUT2D eigenvalue weighted by Crippen LogP contribution is -2.45. The van der Waals surface area contributed by atoms with Gasteiger partial charge in [0, 0.05) is 19.4 Å². The monoisotopic (exact) mass is 371 g/mol. The van der Waals surface area contributed by atoms with E-state index in [1.807, 2.05) is 14.1 Å². The van der Waals surface area contributed by atoms with E-state index in [2.05, 4.69) is 12.2 Å². The van der Waals surface area contributed by atoms with Crippen LogP contribution in [0.15, 0.2) is 0 Å². The van der Waals surface area contributed by atoms with Crippen LogP contribution in [0.4, 0.5) is 0 Å². The summed E-state index contributed by atoms with van der Waals surface area (Å²) in [6, 6.07) is 0. The number of carbonyl (C=O) groups is 2. The molecule has 0 aliphatic rings. The molecule has 0 radical (unpaired) electrons. The molecule has 0 aromatic heterocycles. The molecule has 5 heteroatoms. The van der Waals surface area contributed by atoms with Crippen molar-refractivity contribution in [2.24, 2.45) is 0 Å². The first-order chi connectivity index (χ1) is 12.4. The van der Waals surface area contributed by atoms with Crippen molar-refractivity contribution in [2.75, 3.05) is 33.7 Å². The number of nitrogens with zero attached hydrogens (tertiary/aromatic N) is 1. The van der Waals surface area contributed by atoms with Gasteiger partial charge >= 0.3 is 5.97 Å². The van der Waals surface area contributed by atoms with Crippen LogP contribution in [0.1, 0.15) is 90.4 Å². The zero-order chi connectivity index (χ0) is 19.7. The quantitative estimate of drug-likeness (QED) is 0.278. The Kier molecular flexibility index (Phi) is 15.4. The van der Waals surface area contributed by atoms with Gasteiger partial charge in [0.05, 0.1) is 20.6 Å². The van der Waals surface area contributed by atoms with Crippen molar-refractivity contribution < 1.29 is 19.2 Å². The van der Waals surface area contributed by atoms with Gasteiger partial charge in [0.1, 0.15) is 0 Å². The first-order valence-electron chi connectivity index (χ1n) is 10.7. The maximum Gasteiger partial charge on any atom is 0.359 e. The molecule has 0 unspecified atom stereocenters. The number of quaternary nitrogens is 1. The van der Waals surface area contributed by atoms with Gasteiger partial charge < -0.3 is 14.9 Å². The predicted molar refractivity (Wildman–Crippen MR) is 108 cm³/mol. The van der Waals surface area contributed by atoms with Crippen LogP contribution < -0.4 is 5.32 Å². The molecule has 26 heavy (non-hydrogen) atoms. The molecule has 0 fully saturated rings. The van der Waals surface area contributed by atoms with Crippen molar-refractivity contribution in [1.29, 1.82) is 0 Å². The largest absolute Gasteiger partial charge is 0.477 e. The molecule has 0 rings (SSSR count). The molecule has 1 amide bonds. The van der Waals surface area contributed by atoms with Crippen LogP contribution in [0.3, 0.4) is 0 Å². The van der Waals surface area contributed by atoms with Crippen LogP contribution in [-0.2, 0) is 9.59 Å². The summed E-state index contributed by atoms with van der Waals surface area (Å²) in [4.78, 5) is 22.5. The average molecular weight is 372 g/mol. The molecule has 5 nitrogen and oxygen atoms in total. The normalized spacial score (nSPS) is 11.5. The molecule has 154 valence electrons. The minimum absolute atomic E-state index is 0.118. The summed E-state index contributed by atoms with van der Waals surface area (Å²) in [5.74, 6) is -0.653. The summed E-state index contributed by atoms with van der Waals surface area (Å²) in [6.45, 7) is 3.76. The maximum atomic E-state index is 11.8. The lowest BCUT2D eigenvalue weighted by atomic mass is 10.1. The van der Waals surface area contributed by atoms with E-state index in [9.17, 15) is 9.59 Å². The average Bonchev–Trinajstić information content (AvgIpc) is 2.55. The molecular weight excluding hydrogens is 328 g/mol. The zero-order valence-electron chi connectivity index (χ0n) is 17.5. The van der Waals surface area contributed by atoms with E-state index < -0.39 is 5.97 Å². The summed E-state index contributed by atoms with van der Waals surface area (Å²) in [6.07, 6.45) is 15.6. The van der Waals surface area contributed by atoms with Crippen molar-refractivity contribution in [2.45, 2.75) is 90.4 Å². The number of aliphatic carboxylic acids is 1. The van der Waals surface area contributed by atoms with E-state index in [4.69, 9.17) is 5.11 Å². The number of hydrogen-bond acceptors (Lipinski definition) is 2. The second kappa shape index (κ2) is 16.1. The summed E-state index contributed by atoms with van der Waals surface area (Å²) in [5, 5.41) is 11.8. The molecule has 0 aromatic carbocycles. The van der Waals surface area contributed by atoms with Gasteiger partial charge in [-0.25, -0.2) is 4.79 Å². The highest BCUT2D eigenvalue weighted by Gasteiger charge is 2.18. The van der Waals surface area contributed by atoms with E-state index in [0.717, 1.165) is 25.8 Å². The molecular formula is C21H43N2O3+. The lowest BCUT2D eigenvalue weighted by molar-refractivity contribution is -0.883. The van der Waals surface area contributed by atoms with Crippen LogP contribution >= 0.6 is 0 Å². The third-order valence-corrected chi connectivity index (χ3v) is 4.83. The second-order valence-electron chi connectivity index (χ2n) is 8.20. The van der Waals surface area contributed by atoms with Gasteiger partial charge in [-0.15, -0.1) is 0 Å². The van der Waals surface area contributed by atoms with Gasteiger partial charge in [-0.05, 0) is 6.42 Å². The number of carboxylic acid groups (broad SMARTS) is 1. The smallest absolute Gasteiger partial charge is 0.359 e. The highest BCUT2D eigenvalue weighted by atomic mass is 16.4. The summed E-state index contributed by atoms with van der Waals surface area (Å²) >= 11 is 0. The number of likely N-dealkylation sites (N-methyl/N-ethyl adjacent to an activating group) is 1. The Labute approximate surface area is 161 Å². The Hall–Kier alpha value is -1.10. The van der Waals surface area contributed by atoms with Crippen molar-refractivity contribution in [3.8, 4) is 0 Å². The second-order valence-corrected chi connectivity index (χ2v) is 8.20. The summed E-state index contributed by atoms with van der Waals surface area (Å²) < 4.78 is 0.448. The van der Waals surface area contributed by atoms with Crippen LogP contribution in [0.5, 0.6) is 0 Å². The lowest BCUT2D eigenvalue weighted by Gasteiger charge is -2.27. The third kappa shape index (κ3) is 17.7. The van der Waals surface area contributed by atoms with Gasteiger partial charge in [0.2, 0.25) is 5.91 Å². The highest BCUT2D eigenvalue weighted by molar-refractivity contribution is 5.75. The van der Waals surface area contributed by atoms with Gasteiger partial charge in [-0.3, -0.25) is 4.79 Å².